The van der Waals surface area contributed by atoms with Crippen LogP contribution in [0.25, 0.3) is 10.6 Å². The van der Waals surface area contributed by atoms with E-state index in [0.717, 1.165) is 17.1 Å². The highest BCUT2D eigenvalue weighted by molar-refractivity contribution is 5.68. The number of aryl methyl sites for hydroxylation is 1. The van der Waals surface area contributed by atoms with Gasteiger partial charge in [0.1, 0.15) is 22.7 Å². The molecule has 0 spiro atoms. The van der Waals surface area contributed by atoms with Crippen LogP contribution in [0.4, 0.5) is 39.8 Å². The second-order valence-electron chi connectivity index (χ2n) is 8.09. The Morgan fingerprint density at radius 2 is 0.781 bits per heavy atom. The standard InChI is InChI=1S/C28H28N4/c1-21-5-13-25(14-6-21)31(3)27-17-9-23(10-18-27)30-24-11-19-28(20-12-24)32(4)26-15-7-22(29-2)8-16-26/h5-20H,1-4H3/q-2/p+2. The van der Waals surface area contributed by atoms with Crippen molar-refractivity contribution in [2.45, 2.75) is 6.92 Å². The fraction of sp³-hybridized carbons (Fsp3) is 0.143. The topological polar surface area (TPSA) is 37.1 Å². The van der Waals surface area contributed by atoms with Crippen molar-refractivity contribution in [2.24, 2.45) is 0 Å². The monoisotopic (exact) mass is 422 g/mol. The molecule has 0 fully saturated rings. The van der Waals surface area contributed by atoms with Crippen LogP contribution in [0.5, 0.6) is 0 Å². The van der Waals surface area contributed by atoms with Gasteiger partial charge in [0.25, 0.3) is 0 Å². The van der Waals surface area contributed by atoms with Crippen molar-refractivity contribution in [3.63, 3.8) is 0 Å². The van der Waals surface area contributed by atoms with Crippen molar-refractivity contribution < 1.29 is 9.80 Å². The Labute approximate surface area is 191 Å². The maximum absolute atomic E-state index is 4.79. The van der Waals surface area contributed by atoms with Crippen LogP contribution in [0, 0.1) is 6.92 Å². The van der Waals surface area contributed by atoms with Gasteiger partial charge >= 0.3 is 0 Å². The van der Waals surface area contributed by atoms with Gasteiger partial charge in [0.05, 0.1) is 14.1 Å². The average molecular weight is 423 g/mol. The van der Waals surface area contributed by atoms with E-state index in [9.17, 15) is 0 Å². The van der Waals surface area contributed by atoms with Crippen molar-refractivity contribution in [3.05, 3.63) is 113 Å². The molecule has 0 radical (unpaired) electrons. The van der Waals surface area contributed by atoms with E-state index in [0.29, 0.717) is 0 Å². The van der Waals surface area contributed by atoms with Crippen LogP contribution in [0.15, 0.2) is 97.1 Å². The van der Waals surface area contributed by atoms with Crippen LogP contribution in [-0.4, -0.2) is 21.1 Å². The summed E-state index contributed by atoms with van der Waals surface area (Å²) in [5.41, 5.74) is 9.05. The highest BCUT2D eigenvalue weighted by Crippen LogP contribution is 2.31. The summed E-state index contributed by atoms with van der Waals surface area (Å²) in [5.74, 6) is 0. The average Bonchev–Trinajstić information content (AvgIpc) is 2.85. The van der Waals surface area contributed by atoms with Crippen molar-refractivity contribution in [3.8, 4) is 0 Å². The van der Waals surface area contributed by atoms with E-state index in [1.54, 1.807) is 0 Å². The molecule has 2 atom stereocenters. The number of nitrogens with zero attached hydrogens (tertiary/aromatic N) is 2. The molecular formula is C28H30N4. The van der Waals surface area contributed by atoms with Gasteiger partial charge in [0.2, 0.25) is 0 Å². The second-order valence-corrected chi connectivity index (χ2v) is 8.09. The fourth-order valence-electron chi connectivity index (χ4n) is 3.72. The second kappa shape index (κ2) is 9.69. The van der Waals surface area contributed by atoms with Crippen molar-refractivity contribution in [1.82, 2.24) is 0 Å². The minimum absolute atomic E-state index is 0.952. The maximum atomic E-state index is 4.79. The third-order valence-electron chi connectivity index (χ3n) is 5.90. The lowest BCUT2D eigenvalue weighted by Crippen LogP contribution is -2.98. The van der Waals surface area contributed by atoms with Crippen LogP contribution < -0.4 is 9.80 Å². The molecule has 0 amide bonds. The molecule has 4 aromatic carbocycles. The molecule has 0 saturated heterocycles. The molecule has 4 nitrogen and oxygen atoms in total. The highest BCUT2D eigenvalue weighted by atomic mass is 15.1. The minimum atomic E-state index is 0.952. The van der Waals surface area contributed by atoms with Crippen LogP contribution >= 0.6 is 0 Å². The van der Waals surface area contributed by atoms with Crippen LogP contribution in [0.1, 0.15) is 5.56 Å². The van der Waals surface area contributed by atoms with E-state index in [1.165, 1.54) is 38.1 Å². The molecule has 4 aromatic rings. The number of hydrogen-bond acceptors (Lipinski definition) is 0. The zero-order valence-electron chi connectivity index (χ0n) is 19.1. The highest BCUT2D eigenvalue weighted by Gasteiger charge is 2.09. The maximum Gasteiger partial charge on any atom is 0.136 e. The number of benzene rings is 4. The largest absolute Gasteiger partial charge is 0.687 e. The predicted octanol–water partition coefficient (Wildman–Crippen LogP) is 5.92. The quantitative estimate of drug-likeness (QED) is 0.371. The summed E-state index contributed by atoms with van der Waals surface area (Å²) >= 11 is 0. The molecule has 32 heavy (non-hydrogen) atoms. The molecule has 162 valence electrons. The van der Waals surface area contributed by atoms with Crippen molar-refractivity contribution >= 4 is 39.8 Å². The third-order valence-corrected chi connectivity index (χ3v) is 5.90. The summed E-state index contributed by atoms with van der Waals surface area (Å²) in [4.78, 5) is 2.51. The van der Waals surface area contributed by atoms with Crippen LogP contribution in [-0.2, 0) is 0 Å². The Morgan fingerprint density at radius 1 is 0.469 bits per heavy atom. The van der Waals surface area contributed by atoms with Gasteiger partial charge in [0, 0.05) is 0 Å². The first-order valence-corrected chi connectivity index (χ1v) is 10.9. The first-order chi connectivity index (χ1) is 15.5. The van der Waals surface area contributed by atoms with Gasteiger partial charge in [-0.1, -0.05) is 54.1 Å². The SMILES string of the molecule is C[N-]c1ccc([NH+](C)c2ccc([N-]c3ccc([NH+](C)c4ccc(C)cc4)cc3)cc2)cc1. The first-order valence-electron chi connectivity index (χ1n) is 10.9. The minimum Gasteiger partial charge on any atom is -0.687 e. The van der Waals surface area contributed by atoms with Crippen molar-refractivity contribution in [2.75, 3.05) is 21.1 Å². The Hall–Kier alpha value is -3.60. The number of hydrogen-bond donors (Lipinski definition) is 2. The molecule has 2 unspecified atom stereocenters. The zero-order chi connectivity index (χ0) is 22.5. The molecule has 0 heterocycles. The lowest BCUT2D eigenvalue weighted by atomic mass is 10.2. The molecule has 4 rings (SSSR count). The van der Waals surface area contributed by atoms with Crippen LogP contribution in [0.3, 0.4) is 0 Å². The lowest BCUT2D eigenvalue weighted by Gasteiger charge is -2.24. The summed E-state index contributed by atoms with van der Waals surface area (Å²) in [6, 6.07) is 33.9. The number of quaternary nitrogens is 2. The van der Waals surface area contributed by atoms with E-state index in [4.69, 9.17) is 5.32 Å². The van der Waals surface area contributed by atoms with Gasteiger partial charge < -0.3 is 10.6 Å². The Bertz CT molecular complexity index is 1130. The van der Waals surface area contributed by atoms with Crippen LogP contribution in [0.2, 0.25) is 0 Å². The van der Waals surface area contributed by atoms with E-state index >= 15 is 0 Å². The molecular weight excluding hydrogens is 392 g/mol. The molecule has 0 aliphatic carbocycles. The lowest BCUT2D eigenvalue weighted by molar-refractivity contribution is -0.735. The summed E-state index contributed by atoms with van der Waals surface area (Å²) in [6.45, 7) is 2.11. The Morgan fingerprint density at radius 3 is 1.12 bits per heavy atom. The summed E-state index contributed by atoms with van der Waals surface area (Å²) in [5, 5.41) is 9.00. The van der Waals surface area contributed by atoms with Gasteiger partial charge in [-0.3, -0.25) is 9.80 Å². The van der Waals surface area contributed by atoms with E-state index in [1.807, 2.05) is 19.2 Å². The first kappa shape index (κ1) is 21.6. The molecule has 0 saturated carbocycles. The molecule has 0 aromatic heterocycles. The third kappa shape index (κ3) is 4.99. The van der Waals surface area contributed by atoms with Crippen molar-refractivity contribution in [1.29, 1.82) is 0 Å². The molecule has 0 aliphatic heterocycles. The number of nitrogens with one attached hydrogen (secondary N) is 2. The predicted molar refractivity (Wildman–Crippen MR) is 135 cm³/mol. The fourth-order valence-corrected chi connectivity index (χ4v) is 3.72. The molecule has 2 N–H and O–H groups in total. The van der Waals surface area contributed by atoms with Gasteiger partial charge in [0.15, 0.2) is 0 Å². The molecule has 0 bridgehead atoms. The van der Waals surface area contributed by atoms with Gasteiger partial charge in [-0.2, -0.15) is 0 Å². The zero-order valence-corrected chi connectivity index (χ0v) is 19.1. The molecule has 4 heteroatoms. The van der Waals surface area contributed by atoms with Gasteiger partial charge in [-0.25, -0.2) is 0 Å². The van der Waals surface area contributed by atoms with E-state index in [-0.39, 0.29) is 0 Å². The Balaban J connectivity index is 1.41. The smallest absolute Gasteiger partial charge is 0.136 e. The van der Waals surface area contributed by atoms with E-state index in [2.05, 4.69) is 111 Å². The van der Waals surface area contributed by atoms with Gasteiger partial charge in [-0.05, 0) is 55.5 Å². The summed E-state index contributed by atoms with van der Waals surface area (Å²) in [6.07, 6.45) is 0. The molecule has 0 aliphatic rings. The summed E-state index contributed by atoms with van der Waals surface area (Å²) in [7, 11) is 6.12. The summed E-state index contributed by atoms with van der Waals surface area (Å²) < 4.78 is 0. The normalized spacial score (nSPS) is 12.8. The number of rotatable bonds is 7. The Kier molecular flexibility index (Phi) is 6.55. The van der Waals surface area contributed by atoms with Gasteiger partial charge in [-0.15, -0.1) is 24.1 Å². The van der Waals surface area contributed by atoms with E-state index < -0.39 is 0 Å².